The first-order valence-corrected chi connectivity index (χ1v) is 8.29. The molecule has 0 aromatic carbocycles. The van der Waals surface area contributed by atoms with Gasteiger partial charge in [-0.2, -0.15) is 0 Å². The molecule has 2 heterocycles. The average Bonchev–Trinajstić information content (AvgIpc) is 3.01. The molecule has 1 fully saturated rings. The van der Waals surface area contributed by atoms with E-state index in [9.17, 15) is 0 Å². The topological polar surface area (TPSA) is 34.5 Å². The lowest BCUT2D eigenvalue weighted by Gasteiger charge is -2.37. The fraction of sp³-hybridized carbons (Fsp3) is 0.667. The molecule has 0 spiro atoms. The van der Waals surface area contributed by atoms with Gasteiger partial charge in [0.15, 0.2) is 0 Å². The van der Waals surface area contributed by atoms with E-state index in [2.05, 4.69) is 37.9 Å². The predicted molar refractivity (Wildman–Crippen MR) is 85.7 cm³/mol. The first-order valence-electron chi connectivity index (χ1n) is 8.29. The van der Waals surface area contributed by atoms with Gasteiger partial charge in [-0.25, -0.2) is 9.98 Å². The maximum Gasteiger partial charge on any atom is 0.235 e. The summed E-state index contributed by atoms with van der Waals surface area (Å²) in [6.45, 7) is 8.52. The van der Waals surface area contributed by atoms with E-state index in [1.54, 1.807) is 0 Å². The first-order chi connectivity index (χ1) is 10.1. The van der Waals surface area contributed by atoms with Crippen LogP contribution in [-0.2, 0) is 4.74 Å². The van der Waals surface area contributed by atoms with Crippen molar-refractivity contribution in [2.45, 2.75) is 46.0 Å². The van der Waals surface area contributed by atoms with Crippen molar-refractivity contribution < 1.29 is 4.74 Å². The molecule has 0 amide bonds. The summed E-state index contributed by atoms with van der Waals surface area (Å²) in [6, 6.07) is 6.32. The lowest BCUT2D eigenvalue weighted by molar-refractivity contribution is 0.194. The molecule has 3 atom stereocenters. The molecule has 1 aliphatic carbocycles. The summed E-state index contributed by atoms with van der Waals surface area (Å²) in [5.74, 6) is 3.57. The first kappa shape index (κ1) is 14.6. The highest BCUT2D eigenvalue weighted by Gasteiger charge is 2.32. The molecule has 1 saturated carbocycles. The molecule has 2 aliphatic rings. The molecule has 0 saturated heterocycles. The monoisotopic (exact) mass is 286 g/mol. The predicted octanol–water partition coefficient (Wildman–Crippen LogP) is 4.03. The Hall–Kier alpha value is -1.38. The van der Waals surface area contributed by atoms with Gasteiger partial charge in [0.25, 0.3) is 0 Å². The van der Waals surface area contributed by atoms with Crippen LogP contribution in [0.3, 0.4) is 0 Å². The third-order valence-electron chi connectivity index (χ3n) is 4.98. The highest BCUT2D eigenvalue weighted by Crippen LogP contribution is 2.43. The molecule has 0 N–H and O–H groups in total. The van der Waals surface area contributed by atoms with Gasteiger partial charge in [-0.1, -0.05) is 33.3 Å². The Kier molecular flexibility index (Phi) is 4.27. The van der Waals surface area contributed by atoms with Crippen molar-refractivity contribution in [3.05, 3.63) is 29.6 Å². The van der Waals surface area contributed by atoms with Crippen molar-refractivity contribution in [1.82, 2.24) is 4.98 Å². The van der Waals surface area contributed by atoms with Gasteiger partial charge in [-0.15, -0.1) is 0 Å². The number of aromatic nitrogens is 1. The second-order valence-corrected chi connectivity index (χ2v) is 6.92. The largest absolute Gasteiger partial charge is 0.474 e. The summed E-state index contributed by atoms with van der Waals surface area (Å²) in [4.78, 5) is 9.28. The standard InChI is InChI=1S/C18H26N2O/c1-12(2)14-8-7-13(3)11-15(14)16-5-4-6-17(20-16)18-19-9-10-21-18/h4-6,12-15H,7-11H2,1-3H3/t13-,14+,15-/m0/s1. The van der Waals surface area contributed by atoms with Crippen LogP contribution < -0.4 is 0 Å². The van der Waals surface area contributed by atoms with Gasteiger partial charge in [0.1, 0.15) is 12.3 Å². The fourth-order valence-electron chi connectivity index (χ4n) is 3.81. The number of rotatable bonds is 3. The Morgan fingerprint density at radius 2 is 2.10 bits per heavy atom. The van der Waals surface area contributed by atoms with E-state index in [0.717, 1.165) is 30.0 Å². The second kappa shape index (κ2) is 6.17. The number of hydrogen-bond donors (Lipinski definition) is 0. The summed E-state index contributed by atoms with van der Waals surface area (Å²) in [7, 11) is 0. The van der Waals surface area contributed by atoms with Gasteiger partial charge < -0.3 is 4.74 Å². The molecule has 114 valence electrons. The van der Waals surface area contributed by atoms with E-state index in [1.165, 1.54) is 25.0 Å². The number of hydrogen-bond acceptors (Lipinski definition) is 3. The van der Waals surface area contributed by atoms with Crippen LogP contribution in [0.2, 0.25) is 0 Å². The minimum atomic E-state index is 0.579. The van der Waals surface area contributed by atoms with Gasteiger partial charge in [-0.05, 0) is 42.7 Å². The van der Waals surface area contributed by atoms with E-state index < -0.39 is 0 Å². The Balaban J connectivity index is 1.88. The van der Waals surface area contributed by atoms with Crippen molar-refractivity contribution in [3.63, 3.8) is 0 Å². The van der Waals surface area contributed by atoms with Gasteiger partial charge in [0, 0.05) is 11.6 Å². The van der Waals surface area contributed by atoms with Crippen molar-refractivity contribution in [2.24, 2.45) is 22.7 Å². The Labute approximate surface area is 127 Å². The normalized spacial score (nSPS) is 29.3. The third-order valence-corrected chi connectivity index (χ3v) is 4.98. The molecule has 3 rings (SSSR count). The highest BCUT2D eigenvalue weighted by atomic mass is 16.5. The number of ether oxygens (including phenoxy) is 1. The minimum Gasteiger partial charge on any atom is -0.474 e. The van der Waals surface area contributed by atoms with Crippen molar-refractivity contribution in [3.8, 4) is 0 Å². The van der Waals surface area contributed by atoms with Crippen LogP contribution in [-0.4, -0.2) is 24.0 Å². The molecular formula is C18H26N2O. The molecule has 1 aromatic rings. The average molecular weight is 286 g/mol. The third kappa shape index (κ3) is 3.12. The molecule has 3 heteroatoms. The number of nitrogens with zero attached hydrogens (tertiary/aromatic N) is 2. The molecule has 21 heavy (non-hydrogen) atoms. The SMILES string of the molecule is CC(C)[C@H]1CC[C@H](C)C[C@@H]1c1cccc(C2=NCCO2)n1. The van der Waals surface area contributed by atoms with Crippen LogP contribution in [0.4, 0.5) is 0 Å². The summed E-state index contributed by atoms with van der Waals surface area (Å²) in [6.07, 6.45) is 3.94. The Morgan fingerprint density at radius 1 is 1.24 bits per heavy atom. The molecule has 0 radical (unpaired) electrons. The van der Waals surface area contributed by atoms with Crippen LogP contribution in [0.5, 0.6) is 0 Å². The van der Waals surface area contributed by atoms with Crippen molar-refractivity contribution >= 4 is 5.90 Å². The van der Waals surface area contributed by atoms with Crippen LogP contribution in [0, 0.1) is 17.8 Å². The quantitative estimate of drug-likeness (QED) is 0.840. The van der Waals surface area contributed by atoms with E-state index in [-0.39, 0.29) is 0 Å². The van der Waals surface area contributed by atoms with Gasteiger partial charge >= 0.3 is 0 Å². The van der Waals surface area contributed by atoms with Crippen LogP contribution in [0.1, 0.15) is 57.3 Å². The molecule has 1 aromatic heterocycles. The second-order valence-electron chi connectivity index (χ2n) is 6.92. The van der Waals surface area contributed by atoms with Gasteiger partial charge in [-0.3, -0.25) is 0 Å². The molecule has 3 nitrogen and oxygen atoms in total. The lowest BCUT2D eigenvalue weighted by atomic mass is 9.69. The molecule has 1 aliphatic heterocycles. The highest BCUT2D eigenvalue weighted by molar-refractivity contribution is 5.93. The summed E-state index contributed by atoms with van der Waals surface area (Å²) < 4.78 is 5.56. The van der Waals surface area contributed by atoms with Gasteiger partial charge in [0.2, 0.25) is 5.90 Å². The van der Waals surface area contributed by atoms with E-state index in [4.69, 9.17) is 9.72 Å². The number of aliphatic imine (C=N–C) groups is 1. The van der Waals surface area contributed by atoms with Crippen LogP contribution >= 0.6 is 0 Å². The maximum atomic E-state index is 5.56. The summed E-state index contributed by atoms with van der Waals surface area (Å²) in [5.41, 5.74) is 2.14. The smallest absolute Gasteiger partial charge is 0.235 e. The van der Waals surface area contributed by atoms with E-state index >= 15 is 0 Å². The van der Waals surface area contributed by atoms with Gasteiger partial charge in [0.05, 0.1) is 6.54 Å². The molecule has 0 unspecified atom stereocenters. The van der Waals surface area contributed by atoms with E-state index in [0.29, 0.717) is 18.4 Å². The minimum absolute atomic E-state index is 0.579. The molecule has 0 bridgehead atoms. The van der Waals surface area contributed by atoms with E-state index in [1.807, 2.05) is 6.07 Å². The summed E-state index contributed by atoms with van der Waals surface area (Å²) in [5, 5.41) is 0. The Bertz CT molecular complexity index is 524. The number of pyridine rings is 1. The molecular weight excluding hydrogens is 260 g/mol. The maximum absolute atomic E-state index is 5.56. The van der Waals surface area contributed by atoms with Crippen LogP contribution in [0.25, 0.3) is 0 Å². The Morgan fingerprint density at radius 3 is 2.81 bits per heavy atom. The lowest BCUT2D eigenvalue weighted by Crippen LogP contribution is -2.27. The summed E-state index contributed by atoms with van der Waals surface area (Å²) >= 11 is 0. The van der Waals surface area contributed by atoms with Crippen molar-refractivity contribution in [2.75, 3.05) is 13.2 Å². The zero-order valence-electron chi connectivity index (χ0n) is 13.4. The fourth-order valence-corrected chi connectivity index (χ4v) is 3.81. The zero-order chi connectivity index (χ0) is 14.8. The van der Waals surface area contributed by atoms with Crippen molar-refractivity contribution in [1.29, 1.82) is 0 Å². The zero-order valence-corrected chi connectivity index (χ0v) is 13.4. The van der Waals surface area contributed by atoms with Crippen LogP contribution in [0.15, 0.2) is 23.2 Å².